The molecule has 2 unspecified atom stereocenters. The average Bonchev–Trinajstić information content (AvgIpc) is 3.19. The monoisotopic (exact) mass is 463 g/mol. The number of ether oxygens (including phenoxy) is 1. The third-order valence-corrected chi connectivity index (χ3v) is 8.55. The molecule has 3 saturated heterocycles. The molecular weight excluding hydrogens is 430 g/mol. The maximum atomic E-state index is 13.1. The van der Waals surface area contributed by atoms with Crippen molar-refractivity contribution in [3.8, 4) is 5.75 Å². The number of rotatable bonds is 6. The van der Waals surface area contributed by atoms with Crippen molar-refractivity contribution in [2.75, 3.05) is 57.4 Å². The van der Waals surface area contributed by atoms with Crippen molar-refractivity contribution in [3.05, 3.63) is 30.3 Å². The van der Waals surface area contributed by atoms with Gasteiger partial charge in [0, 0.05) is 45.3 Å². The molecule has 3 fully saturated rings. The van der Waals surface area contributed by atoms with Crippen LogP contribution in [0.15, 0.2) is 30.3 Å². The summed E-state index contributed by atoms with van der Waals surface area (Å²) in [5.41, 5.74) is 0. The van der Waals surface area contributed by atoms with E-state index in [0.29, 0.717) is 45.6 Å². The van der Waals surface area contributed by atoms with Gasteiger partial charge in [0.1, 0.15) is 5.75 Å². The highest BCUT2D eigenvalue weighted by Crippen LogP contribution is 2.23. The fraction of sp³-hybridized carbons (Fsp3) is 0.652. The molecule has 32 heavy (non-hydrogen) atoms. The number of carbonyl (C=O) groups is 2. The van der Waals surface area contributed by atoms with Gasteiger partial charge in [-0.3, -0.25) is 14.5 Å². The molecule has 2 atom stereocenters. The Hall–Kier alpha value is -2.13. The van der Waals surface area contributed by atoms with E-state index < -0.39 is 9.84 Å². The molecule has 0 aliphatic carbocycles. The van der Waals surface area contributed by atoms with Crippen molar-refractivity contribution >= 4 is 21.7 Å². The number of sulfone groups is 1. The van der Waals surface area contributed by atoms with Crippen molar-refractivity contribution in [1.82, 2.24) is 14.7 Å². The Labute approximate surface area is 190 Å². The zero-order valence-electron chi connectivity index (χ0n) is 18.5. The van der Waals surface area contributed by atoms with E-state index in [1.807, 2.05) is 35.2 Å². The number of likely N-dealkylation sites (tertiary alicyclic amines) is 1. The number of carbonyl (C=O) groups excluding carboxylic acids is 2. The second-order valence-electron chi connectivity index (χ2n) is 9.01. The first-order valence-electron chi connectivity index (χ1n) is 11.6. The van der Waals surface area contributed by atoms with Crippen LogP contribution in [-0.2, 0) is 19.4 Å². The highest BCUT2D eigenvalue weighted by Gasteiger charge is 2.36. The number of hydrogen-bond acceptors (Lipinski definition) is 6. The quantitative estimate of drug-likeness (QED) is 0.626. The molecule has 1 aromatic carbocycles. The van der Waals surface area contributed by atoms with Gasteiger partial charge in [-0.05, 0) is 31.4 Å². The molecule has 3 aliphatic rings. The molecule has 0 saturated carbocycles. The minimum Gasteiger partial charge on any atom is -0.493 e. The first-order chi connectivity index (χ1) is 15.4. The molecule has 8 nitrogen and oxygen atoms in total. The van der Waals surface area contributed by atoms with E-state index in [-0.39, 0.29) is 35.3 Å². The predicted octanol–water partition coefficient (Wildman–Crippen LogP) is 1.03. The highest BCUT2D eigenvalue weighted by molar-refractivity contribution is 7.91. The molecular formula is C23H33N3O5S. The van der Waals surface area contributed by atoms with Gasteiger partial charge in [0.05, 0.1) is 30.5 Å². The van der Waals surface area contributed by atoms with Crippen LogP contribution in [0.4, 0.5) is 0 Å². The second-order valence-corrected chi connectivity index (χ2v) is 11.2. The normalized spacial score (nSPS) is 26.1. The van der Waals surface area contributed by atoms with Crippen LogP contribution in [-0.4, -0.2) is 98.4 Å². The van der Waals surface area contributed by atoms with Crippen LogP contribution in [0.3, 0.4) is 0 Å². The van der Waals surface area contributed by atoms with Gasteiger partial charge in [-0.1, -0.05) is 18.2 Å². The van der Waals surface area contributed by atoms with Gasteiger partial charge in [0.2, 0.25) is 11.8 Å². The predicted molar refractivity (Wildman–Crippen MR) is 121 cm³/mol. The lowest BCUT2D eigenvalue weighted by Crippen LogP contribution is -2.55. The Balaban J connectivity index is 1.21. The van der Waals surface area contributed by atoms with Gasteiger partial charge in [-0.25, -0.2) is 8.42 Å². The van der Waals surface area contributed by atoms with Crippen LogP contribution < -0.4 is 4.74 Å². The molecule has 1 aromatic rings. The molecule has 3 heterocycles. The van der Waals surface area contributed by atoms with E-state index >= 15 is 0 Å². The first-order valence-corrected chi connectivity index (χ1v) is 13.4. The van der Waals surface area contributed by atoms with Crippen LogP contribution in [0.1, 0.15) is 25.7 Å². The van der Waals surface area contributed by atoms with Gasteiger partial charge in [0.15, 0.2) is 9.84 Å². The maximum Gasteiger partial charge on any atom is 0.227 e. The second kappa shape index (κ2) is 10.2. The van der Waals surface area contributed by atoms with Crippen LogP contribution in [0.25, 0.3) is 0 Å². The number of amides is 2. The summed E-state index contributed by atoms with van der Waals surface area (Å²) in [6.07, 6.45) is 2.65. The topological polar surface area (TPSA) is 87.2 Å². The molecule has 3 aliphatic heterocycles. The highest BCUT2D eigenvalue weighted by atomic mass is 32.2. The Morgan fingerprint density at radius 3 is 2.41 bits per heavy atom. The van der Waals surface area contributed by atoms with E-state index in [1.54, 1.807) is 4.90 Å². The van der Waals surface area contributed by atoms with Crippen molar-refractivity contribution in [2.45, 2.75) is 31.7 Å². The number of piperidine rings is 1. The Kier molecular flexibility index (Phi) is 7.35. The first kappa shape index (κ1) is 23.0. The van der Waals surface area contributed by atoms with Gasteiger partial charge in [0.25, 0.3) is 0 Å². The van der Waals surface area contributed by atoms with Crippen molar-refractivity contribution in [1.29, 1.82) is 0 Å². The average molecular weight is 464 g/mol. The molecule has 0 bridgehead atoms. The molecule has 0 aromatic heterocycles. The van der Waals surface area contributed by atoms with Crippen molar-refractivity contribution in [3.63, 3.8) is 0 Å². The lowest BCUT2D eigenvalue weighted by atomic mass is 9.96. The number of benzene rings is 1. The van der Waals surface area contributed by atoms with Crippen LogP contribution in [0, 0.1) is 5.92 Å². The Bertz CT molecular complexity index is 899. The summed E-state index contributed by atoms with van der Waals surface area (Å²) in [4.78, 5) is 31.7. The number of nitrogens with zero attached hydrogens (tertiary/aromatic N) is 3. The van der Waals surface area contributed by atoms with Crippen molar-refractivity contribution < 1.29 is 22.7 Å². The smallest absolute Gasteiger partial charge is 0.227 e. The molecule has 176 valence electrons. The number of para-hydroxylation sites is 1. The molecule has 0 radical (unpaired) electrons. The van der Waals surface area contributed by atoms with Gasteiger partial charge >= 0.3 is 0 Å². The standard InChI is InChI=1S/C23H33N3O5S/c27-22(8-15-31-21-6-2-1-3-7-21)26-10-4-5-19(17-26)23(28)25-13-11-24(12-14-25)20-9-16-32(29,30)18-20/h1-3,6-7,19-20H,4-5,8-18H2. The van der Waals surface area contributed by atoms with Crippen LogP contribution in [0.2, 0.25) is 0 Å². The summed E-state index contributed by atoms with van der Waals surface area (Å²) >= 11 is 0. The van der Waals surface area contributed by atoms with E-state index in [2.05, 4.69) is 4.90 Å². The molecule has 4 rings (SSSR count). The van der Waals surface area contributed by atoms with Gasteiger partial charge < -0.3 is 14.5 Å². The Morgan fingerprint density at radius 1 is 0.969 bits per heavy atom. The molecule has 2 amide bonds. The fourth-order valence-electron chi connectivity index (χ4n) is 4.97. The lowest BCUT2D eigenvalue weighted by molar-refractivity contribution is -0.142. The van der Waals surface area contributed by atoms with Gasteiger partial charge in [-0.2, -0.15) is 0 Å². The van der Waals surface area contributed by atoms with Crippen molar-refractivity contribution in [2.24, 2.45) is 5.92 Å². The summed E-state index contributed by atoms with van der Waals surface area (Å²) in [7, 11) is -2.90. The third-order valence-electron chi connectivity index (χ3n) is 6.80. The summed E-state index contributed by atoms with van der Waals surface area (Å²) < 4.78 is 29.1. The summed E-state index contributed by atoms with van der Waals surface area (Å²) in [5.74, 6) is 1.28. The van der Waals surface area contributed by atoms with Crippen LogP contribution in [0.5, 0.6) is 5.75 Å². The van der Waals surface area contributed by atoms with E-state index in [4.69, 9.17) is 4.74 Å². The third kappa shape index (κ3) is 5.81. The van der Waals surface area contributed by atoms with E-state index in [0.717, 1.165) is 31.7 Å². The number of hydrogen-bond donors (Lipinski definition) is 0. The Morgan fingerprint density at radius 2 is 1.72 bits per heavy atom. The number of piperazine rings is 1. The fourth-order valence-corrected chi connectivity index (χ4v) is 6.73. The SMILES string of the molecule is O=C(CCOc1ccccc1)N1CCCC(C(=O)N2CCN(C3CCS(=O)(=O)C3)CC2)C1. The largest absolute Gasteiger partial charge is 0.493 e. The molecule has 9 heteroatoms. The van der Waals surface area contributed by atoms with E-state index in [1.165, 1.54) is 0 Å². The lowest BCUT2D eigenvalue weighted by Gasteiger charge is -2.40. The van der Waals surface area contributed by atoms with Gasteiger partial charge in [-0.15, -0.1) is 0 Å². The summed E-state index contributed by atoms with van der Waals surface area (Å²) in [6.45, 7) is 4.20. The maximum absolute atomic E-state index is 13.1. The minimum atomic E-state index is -2.90. The van der Waals surface area contributed by atoms with Crippen LogP contribution >= 0.6 is 0 Å². The summed E-state index contributed by atoms with van der Waals surface area (Å²) in [6, 6.07) is 9.54. The summed E-state index contributed by atoms with van der Waals surface area (Å²) in [5, 5.41) is 0. The zero-order valence-corrected chi connectivity index (χ0v) is 19.3. The molecule has 0 spiro atoms. The minimum absolute atomic E-state index is 0.0330. The zero-order chi connectivity index (χ0) is 22.6. The molecule has 0 N–H and O–H groups in total. The van der Waals surface area contributed by atoms with E-state index in [9.17, 15) is 18.0 Å².